The Hall–Kier alpha value is -3.32. The van der Waals surface area contributed by atoms with E-state index in [1.807, 2.05) is 13.0 Å². The normalized spacial score (nSPS) is 15.6. The number of fused-ring (bicyclic) bond motifs is 2. The van der Waals surface area contributed by atoms with Crippen molar-refractivity contribution in [2.24, 2.45) is 0 Å². The first kappa shape index (κ1) is 18.7. The minimum atomic E-state index is -0.776. The maximum absolute atomic E-state index is 13.6. The molecule has 0 radical (unpaired) electrons. The Labute approximate surface area is 178 Å². The van der Waals surface area contributed by atoms with Gasteiger partial charge in [-0.25, -0.2) is 9.37 Å². The predicted octanol–water partition coefficient (Wildman–Crippen LogP) is 5.15. The molecule has 0 aliphatic carbocycles. The molecule has 2 aromatic carbocycles. The van der Waals surface area contributed by atoms with Gasteiger partial charge in [-0.1, -0.05) is 34.1 Å². The van der Waals surface area contributed by atoms with Gasteiger partial charge in [0, 0.05) is 10.2 Å². The van der Waals surface area contributed by atoms with Gasteiger partial charge in [0.25, 0.3) is 5.91 Å². The zero-order valence-electron chi connectivity index (χ0n) is 15.7. The number of pyridine rings is 1. The number of anilines is 1. The lowest BCUT2D eigenvalue weighted by molar-refractivity contribution is 0.0970. The van der Waals surface area contributed by atoms with Crippen LogP contribution in [-0.2, 0) is 0 Å². The lowest BCUT2D eigenvalue weighted by Gasteiger charge is -2.24. The van der Waals surface area contributed by atoms with Crippen LogP contribution in [0, 0.1) is 12.7 Å². The third-order valence-electron chi connectivity index (χ3n) is 5.14. The summed E-state index contributed by atoms with van der Waals surface area (Å²) in [5.41, 5.74) is 1.56. The van der Waals surface area contributed by atoms with Crippen LogP contribution in [0.15, 0.2) is 74.3 Å². The van der Waals surface area contributed by atoms with Crippen molar-refractivity contribution >= 4 is 38.6 Å². The molecule has 1 atom stereocenters. The average Bonchev–Trinajstić information content (AvgIpc) is 3.02. The van der Waals surface area contributed by atoms with Gasteiger partial charge in [0.15, 0.2) is 5.43 Å². The molecule has 3 heterocycles. The summed E-state index contributed by atoms with van der Waals surface area (Å²) in [5, 5.41) is 0.363. The van der Waals surface area contributed by atoms with Gasteiger partial charge in [-0.15, -0.1) is 0 Å². The van der Waals surface area contributed by atoms with Crippen LogP contribution in [0.4, 0.5) is 10.2 Å². The highest BCUT2D eigenvalue weighted by atomic mass is 79.9. The Kier molecular flexibility index (Phi) is 4.29. The van der Waals surface area contributed by atoms with Crippen molar-refractivity contribution in [1.82, 2.24) is 4.98 Å². The van der Waals surface area contributed by atoms with Gasteiger partial charge in [-0.3, -0.25) is 14.5 Å². The number of carbonyl (C=O) groups is 1. The maximum atomic E-state index is 13.6. The first-order valence-corrected chi connectivity index (χ1v) is 10.0. The van der Waals surface area contributed by atoms with E-state index in [-0.39, 0.29) is 16.8 Å². The molecule has 1 aliphatic rings. The highest BCUT2D eigenvalue weighted by molar-refractivity contribution is 9.10. The van der Waals surface area contributed by atoms with Gasteiger partial charge in [0.1, 0.15) is 17.2 Å². The number of carbonyl (C=O) groups excluding carboxylic acids is 1. The van der Waals surface area contributed by atoms with Crippen LogP contribution < -0.4 is 10.3 Å². The van der Waals surface area contributed by atoms with Crippen molar-refractivity contribution in [3.05, 3.63) is 104 Å². The third kappa shape index (κ3) is 2.85. The Morgan fingerprint density at radius 2 is 1.83 bits per heavy atom. The topological polar surface area (TPSA) is 63.4 Å². The Morgan fingerprint density at radius 3 is 2.57 bits per heavy atom. The second-order valence-corrected chi connectivity index (χ2v) is 8.00. The first-order chi connectivity index (χ1) is 14.4. The number of hydrogen-bond donors (Lipinski definition) is 0. The van der Waals surface area contributed by atoms with Crippen molar-refractivity contribution in [2.45, 2.75) is 13.0 Å². The molecule has 0 unspecified atom stereocenters. The molecule has 0 spiro atoms. The number of hydrogen-bond acceptors (Lipinski definition) is 4. The average molecular weight is 465 g/mol. The number of amides is 1. The molecule has 4 aromatic rings. The standard InChI is InChI=1S/C23H14BrFN2O3/c1-12-3-2-4-18(26-12)27-20(13-5-8-15(25)9-6-13)19-21(28)16-11-14(24)7-10-17(16)30-22(19)23(27)29/h2-11,20H,1H3/t20-/m0/s1. The van der Waals surface area contributed by atoms with E-state index in [9.17, 15) is 14.0 Å². The first-order valence-electron chi connectivity index (χ1n) is 9.23. The molecule has 0 saturated carbocycles. The molecule has 7 heteroatoms. The number of rotatable bonds is 2. The Balaban J connectivity index is 1.83. The molecule has 0 fully saturated rings. The Bertz CT molecular complexity index is 1380. The predicted molar refractivity (Wildman–Crippen MR) is 114 cm³/mol. The summed E-state index contributed by atoms with van der Waals surface area (Å²) < 4.78 is 20.2. The maximum Gasteiger partial charge on any atom is 0.296 e. The fourth-order valence-electron chi connectivity index (χ4n) is 3.80. The van der Waals surface area contributed by atoms with E-state index in [0.29, 0.717) is 22.4 Å². The smallest absolute Gasteiger partial charge is 0.296 e. The van der Waals surface area contributed by atoms with Crippen molar-refractivity contribution in [3.63, 3.8) is 0 Å². The van der Waals surface area contributed by atoms with Crippen molar-refractivity contribution in [3.8, 4) is 0 Å². The van der Waals surface area contributed by atoms with Crippen molar-refractivity contribution in [2.75, 3.05) is 4.90 Å². The van der Waals surface area contributed by atoms with E-state index in [2.05, 4.69) is 20.9 Å². The minimum absolute atomic E-state index is 0.0209. The molecule has 148 valence electrons. The molecule has 5 rings (SSSR count). The van der Waals surface area contributed by atoms with E-state index >= 15 is 0 Å². The van der Waals surface area contributed by atoms with E-state index in [1.165, 1.54) is 17.0 Å². The van der Waals surface area contributed by atoms with Crippen LogP contribution in [-0.4, -0.2) is 10.9 Å². The summed E-state index contributed by atoms with van der Waals surface area (Å²) in [6.45, 7) is 1.82. The van der Waals surface area contributed by atoms with E-state index in [0.717, 1.165) is 10.2 Å². The van der Waals surface area contributed by atoms with Crippen LogP contribution >= 0.6 is 15.9 Å². The van der Waals surface area contributed by atoms with Crippen LogP contribution in [0.3, 0.4) is 0 Å². The van der Waals surface area contributed by atoms with Crippen molar-refractivity contribution < 1.29 is 13.6 Å². The summed E-state index contributed by atoms with van der Waals surface area (Å²) in [5.74, 6) is -0.491. The molecule has 5 nitrogen and oxygen atoms in total. The molecular formula is C23H14BrFN2O3. The largest absolute Gasteiger partial charge is 0.450 e. The van der Waals surface area contributed by atoms with Crippen molar-refractivity contribution in [1.29, 1.82) is 0 Å². The zero-order chi connectivity index (χ0) is 21.0. The van der Waals surface area contributed by atoms with Crippen LogP contribution in [0.25, 0.3) is 11.0 Å². The van der Waals surface area contributed by atoms with Gasteiger partial charge < -0.3 is 4.42 Å². The number of benzene rings is 2. The molecule has 0 N–H and O–H groups in total. The fourth-order valence-corrected chi connectivity index (χ4v) is 4.17. The molecular weight excluding hydrogens is 451 g/mol. The molecule has 30 heavy (non-hydrogen) atoms. The summed E-state index contributed by atoms with van der Waals surface area (Å²) in [7, 11) is 0. The number of nitrogens with zero attached hydrogens (tertiary/aromatic N) is 2. The molecule has 0 bridgehead atoms. The summed E-state index contributed by atoms with van der Waals surface area (Å²) in [6.07, 6.45) is 0. The quantitative estimate of drug-likeness (QED) is 0.411. The van der Waals surface area contributed by atoms with Crippen LogP contribution in [0.5, 0.6) is 0 Å². The number of aromatic nitrogens is 1. The molecule has 1 amide bonds. The second kappa shape index (κ2) is 6.88. The lowest BCUT2D eigenvalue weighted by Crippen LogP contribution is -2.30. The summed E-state index contributed by atoms with van der Waals surface area (Å²) >= 11 is 3.37. The van der Waals surface area contributed by atoms with Gasteiger partial charge in [0.2, 0.25) is 5.76 Å². The lowest BCUT2D eigenvalue weighted by atomic mass is 9.98. The molecule has 0 saturated heterocycles. The van der Waals surface area contributed by atoms with Gasteiger partial charge in [-0.05, 0) is 55.0 Å². The highest BCUT2D eigenvalue weighted by Crippen LogP contribution is 2.40. The minimum Gasteiger partial charge on any atom is -0.450 e. The monoisotopic (exact) mass is 464 g/mol. The summed E-state index contributed by atoms with van der Waals surface area (Å²) in [4.78, 5) is 32.8. The number of halogens is 2. The van der Waals surface area contributed by atoms with E-state index < -0.39 is 17.8 Å². The fraction of sp³-hybridized carbons (Fsp3) is 0.0870. The van der Waals surface area contributed by atoms with E-state index in [1.54, 1.807) is 42.5 Å². The summed E-state index contributed by atoms with van der Waals surface area (Å²) in [6, 6.07) is 15.3. The van der Waals surface area contributed by atoms with Gasteiger partial charge in [0.05, 0.1) is 17.0 Å². The molecule has 2 aromatic heterocycles. The molecule has 1 aliphatic heterocycles. The van der Waals surface area contributed by atoms with E-state index in [4.69, 9.17) is 4.42 Å². The Morgan fingerprint density at radius 1 is 1.07 bits per heavy atom. The van der Waals surface area contributed by atoms with Gasteiger partial charge >= 0.3 is 0 Å². The number of aryl methyl sites for hydroxylation is 1. The van der Waals surface area contributed by atoms with Crippen LogP contribution in [0.2, 0.25) is 0 Å². The highest BCUT2D eigenvalue weighted by Gasteiger charge is 2.44. The third-order valence-corrected chi connectivity index (χ3v) is 5.63. The second-order valence-electron chi connectivity index (χ2n) is 7.08. The van der Waals surface area contributed by atoms with Crippen LogP contribution in [0.1, 0.15) is 33.4 Å². The van der Waals surface area contributed by atoms with Gasteiger partial charge in [-0.2, -0.15) is 0 Å². The SMILES string of the molecule is Cc1cccc(N2C(=O)c3oc4ccc(Br)cc4c(=O)c3[C@@H]2c2ccc(F)cc2)n1. The zero-order valence-corrected chi connectivity index (χ0v) is 17.3.